The van der Waals surface area contributed by atoms with Crippen LogP contribution in [-0.2, 0) is 6.42 Å². The Morgan fingerprint density at radius 1 is 1.14 bits per heavy atom. The second-order valence-corrected chi connectivity index (χ2v) is 5.31. The highest BCUT2D eigenvalue weighted by molar-refractivity contribution is 5.47. The summed E-state index contributed by atoms with van der Waals surface area (Å²) < 4.78 is 32.9. The topological polar surface area (TPSA) is 29.5 Å². The number of aryl methyl sites for hydroxylation is 2. The number of fused-ring (bicyclic) bond motifs is 1. The fourth-order valence-corrected chi connectivity index (χ4v) is 2.69. The Kier molecular flexibility index (Phi) is 3.64. The van der Waals surface area contributed by atoms with Crippen molar-refractivity contribution in [2.24, 2.45) is 0 Å². The molecule has 1 heterocycles. The number of aliphatic hydroxyl groups excluding tert-OH is 1. The second-order valence-electron chi connectivity index (χ2n) is 5.31. The monoisotopic (exact) mass is 290 g/mol. The van der Waals surface area contributed by atoms with E-state index in [1.807, 2.05) is 12.1 Å². The van der Waals surface area contributed by atoms with Crippen molar-refractivity contribution in [1.82, 2.24) is 0 Å². The lowest BCUT2D eigenvalue weighted by molar-refractivity contribution is 0.202. The third kappa shape index (κ3) is 2.51. The van der Waals surface area contributed by atoms with Crippen molar-refractivity contribution in [2.45, 2.75) is 25.9 Å². The first-order valence-electron chi connectivity index (χ1n) is 6.96. The van der Waals surface area contributed by atoms with Gasteiger partial charge in [-0.1, -0.05) is 18.2 Å². The first-order valence-corrected chi connectivity index (χ1v) is 6.96. The molecule has 0 radical (unpaired) electrons. The molecule has 0 aliphatic carbocycles. The molecule has 0 bridgehead atoms. The molecule has 1 aliphatic rings. The summed E-state index contributed by atoms with van der Waals surface area (Å²) in [6.07, 6.45) is 0.634. The van der Waals surface area contributed by atoms with Crippen molar-refractivity contribution < 1.29 is 18.6 Å². The average Bonchev–Trinajstić information content (AvgIpc) is 2.49. The molecule has 0 amide bonds. The van der Waals surface area contributed by atoms with Crippen LogP contribution in [0.5, 0.6) is 5.75 Å². The normalized spacial score (nSPS) is 15.2. The number of rotatable bonds is 2. The number of hydrogen-bond acceptors (Lipinski definition) is 2. The number of para-hydroxylation sites is 1. The van der Waals surface area contributed by atoms with E-state index < -0.39 is 17.7 Å². The van der Waals surface area contributed by atoms with E-state index in [9.17, 15) is 13.9 Å². The Bertz CT molecular complexity index is 683. The van der Waals surface area contributed by atoms with E-state index in [0.717, 1.165) is 24.5 Å². The minimum absolute atomic E-state index is 0.0662. The molecule has 1 N–H and O–H groups in total. The molecule has 0 saturated heterocycles. The van der Waals surface area contributed by atoms with Gasteiger partial charge in [-0.05, 0) is 37.0 Å². The van der Waals surface area contributed by atoms with Crippen LogP contribution in [0.15, 0.2) is 30.3 Å². The third-order valence-corrected chi connectivity index (χ3v) is 3.83. The standard InChI is InChI=1S/C17H16F2O2/c1-10-8-13(15(19)9-14(10)18)16(20)12-6-2-4-11-5-3-7-21-17(11)12/h2,4,6,8-9,16,20H,3,5,7H2,1H3. The Labute approximate surface area is 122 Å². The zero-order valence-electron chi connectivity index (χ0n) is 11.7. The molecular formula is C17H16F2O2. The second kappa shape index (κ2) is 5.45. The van der Waals surface area contributed by atoms with Crippen LogP contribution in [0.1, 0.15) is 34.8 Å². The molecule has 1 aliphatic heterocycles. The molecule has 0 fully saturated rings. The predicted octanol–water partition coefficient (Wildman–Crippen LogP) is 3.68. The first-order chi connectivity index (χ1) is 10.1. The third-order valence-electron chi connectivity index (χ3n) is 3.83. The van der Waals surface area contributed by atoms with Gasteiger partial charge in [0.25, 0.3) is 0 Å². The predicted molar refractivity (Wildman–Crippen MR) is 75.4 cm³/mol. The molecule has 0 spiro atoms. The molecule has 0 aromatic heterocycles. The fourth-order valence-electron chi connectivity index (χ4n) is 2.69. The SMILES string of the molecule is Cc1cc(C(O)c2cccc3c2OCCC3)c(F)cc1F. The largest absolute Gasteiger partial charge is 0.493 e. The lowest BCUT2D eigenvalue weighted by Gasteiger charge is -2.23. The summed E-state index contributed by atoms with van der Waals surface area (Å²) in [6.45, 7) is 2.13. The highest BCUT2D eigenvalue weighted by atomic mass is 19.1. The molecule has 1 unspecified atom stereocenters. The minimum atomic E-state index is -1.17. The molecular weight excluding hydrogens is 274 g/mol. The van der Waals surface area contributed by atoms with Crippen molar-refractivity contribution in [3.8, 4) is 5.75 Å². The summed E-state index contributed by atoms with van der Waals surface area (Å²) in [5.74, 6) is -0.744. The summed E-state index contributed by atoms with van der Waals surface area (Å²) in [6, 6.07) is 7.63. The van der Waals surface area contributed by atoms with Crippen molar-refractivity contribution in [2.75, 3.05) is 6.61 Å². The first kappa shape index (κ1) is 14.0. The van der Waals surface area contributed by atoms with E-state index in [-0.39, 0.29) is 5.56 Å². The Balaban J connectivity index is 2.07. The Morgan fingerprint density at radius 2 is 1.95 bits per heavy atom. The van der Waals surface area contributed by atoms with Crippen LogP contribution in [0.2, 0.25) is 0 Å². The summed E-state index contributed by atoms with van der Waals surface area (Å²) in [4.78, 5) is 0. The van der Waals surface area contributed by atoms with E-state index in [4.69, 9.17) is 4.74 Å². The number of ether oxygens (including phenoxy) is 1. The average molecular weight is 290 g/mol. The van der Waals surface area contributed by atoms with Gasteiger partial charge in [0.1, 0.15) is 23.5 Å². The molecule has 4 heteroatoms. The van der Waals surface area contributed by atoms with Crippen LogP contribution in [0.25, 0.3) is 0 Å². The smallest absolute Gasteiger partial charge is 0.132 e. The van der Waals surface area contributed by atoms with Gasteiger partial charge in [-0.2, -0.15) is 0 Å². The van der Waals surface area contributed by atoms with Crippen molar-refractivity contribution in [3.05, 3.63) is 64.2 Å². The van der Waals surface area contributed by atoms with E-state index >= 15 is 0 Å². The summed E-state index contributed by atoms with van der Waals surface area (Å²) in [5, 5.41) is 10.5. The van der Waals surface area contributed by atoms with E-state index in [0.29, 0.717) is 23.5 Å². The lowest BCUT2D eigenvalue weighted by atomic mass is 9.94. The van der Waals surface area contributed by atoms with Gasteiger partial charge in [-0.25, -0.2) is 8.78 Å². The molecule has 2 aromatic carbocycles. The van der Waals surface area contributed by atoms with Gasteiger partial charge in [-0.15, -0.1) is 0 Å². The van der Waals surface area contributed by atoms with Crippen molar-refractivity contribution in [3.63, 3.8) is 0 Å². The van der Waals surface area contributed by atoms with Gasteiger partial charge in [0.15, 0.2) is 0 Å². The lowest BCUT2D eigenvalue weighted by Crippen LogP contribution is -2.13. The van der Waals surface area contributed by atoms with Crippen LogP contribution in [0.3, 0.4) is 0 Å². The van der Waals surface area contributed by atoms with E-state index in [2.05, 4.69) is 0 Å². The summed E-state index contributed by atoms with van der Waals surface area (Å²) in [5.41, 5.74) is 1.90. The summed E-state index contributed by atoms with van der Waals surface area (Å²) in [7, 11) is 0. The molecule has 110 valence electrons. The molecule has 2 nitrogen and oxygen atoms in total. The highest BCUT2D eigenvalue weighted by Gasteiger charge is 2.23. The van der Waals surface area contributed by atoms with Crippen LogP contribution in [0.4, 0.5) is 8.78 Å². The Hall–Kier alpha value is -1.94. The number of halogens is 2. The van der Waals surface area contributed by atoms with Crippen LogP contribution < -0.4 is 4.74 Å². The van der Waals surface area contributed by atoms with Crippen LogP contribution >= 0.6 is 0 Å². The van der Waals surface area contributed by atoms with Gasteiger partial charge >= 0.3 is 0 Å². The van der Waals surface area contributed by atoms with E-state index in [1.165, 1.54) is 6.07 Å². The maximum absolute atomic E-state index is 14.0. The Morgan fingerprint density at radius 3 is 2.76 bits per heavy atom. The van der Waals surface area contributed by atoms with Gasteiger partial charge < -0.3 is 9.84 Å². The van der Waals surface area contributed by atoms with Gasteiger partial charge in [-0.3, -0.25) is 0 Å². The zero-order chi connectivity index (χ0) is 15.0. The van der Waals surface area contributed by atoms with Crippen LogP contribution in [-0.4, -0.2) is 11.7 Å². The van der Waals surface area contributed by atoms with Gasteiger partial charge in [0.2, 0.25) is 0 Å². The zero-order valence-corrected chi connectivity index (χ0v) is 11.7. The van der Waals surface area contributed by atoms with Gasteiger partial charge in [0.05, 0.1) is 6.61 Å². The van der Waals surface area contributed by atoms with E-state index in [1.54, 1.807) is 13.0 Å². The minimum Gasteiger partial charge on any atom is -0.493 e. The highest BCUT2D eigenvalue weighted by Crippen LogP contribution is 2.36. The van der Waals surface area contributed by atoms with Crippen molar-refractivity contribution >= 4 is 0 Å². The molecule has 0 saturated carbocycles. The van der Waals surface area contributed by atoms with Crippen molar-refractivity contribution in [1.29, 1.82) is 0 Å². The van der Waals surface area contributed by atoms with Gasteiger partial charge in [0, 0.05) is 17.2 Å². The number of benzene rings is 2. The fraction of sp³-hybridized carbons (Fsp3) is 0.294. The van der Waals surface area contributed by atoms with Crippen LogP contribution in [0, 0.1) is 18.6 Å². The maximum Gasteiger partial charge on any atom is 0.132 e. The number of hydrogen-bond donors (Lipinski definition) is 1. The summed E-state index contributed by atoms with van der Waals surface area (Å²) >= 11 is 0. The molecule has 1 atom stereocenters. The number of aliphatic hydroxyl groups is 1. The maximum atomic E-state index is 14.0. The molecule has 2 aromatic rings. The quantitative estimate of drug-likeness (QED) is 0.914. The molecule has 21 heavy (non-hydrogen) atoms. The molecule has 3 rings (SSSR count).